The summed E-state index contributed by atoms with van der Waals surface area (Å²) in [6.07, 6.45) is 0. The van der Waals surface area contributed by atoms with Crippen LogP contribution in [0, 0.1) is 0 Å². The van der Waals surface area contributed by atoms with Crippen LogP contribution in [0.25, 0.3) is 11.5 Å². The standard InChI is InChI=1S/C17H21ClN4O2S/c1-3-21-8-10-22(11-9-21)16(23)12(2)25-17-20-19-15(24-17)13-4-6-14(18)7-5-13/h4-7,12H,3,8-11H2,1-2H3/t12-/m1/s1. The quantitative estimate of drug-likeness (QED) is 0.743. The van der Waals surface area contributed by atoms with Gasteiger partial charge >= 0.3 is 0 Å². The average molecular weight is 381 g/mol. The van der Waals surface area contributed by atoms with E-state index in [0.717, 1.165) is 38.3 Å². The summed E-state index contributed by atoms with van der Waals surface area (Å²) in [6, 6.07) is 7.20. The number of halogens is 1. The zero-order valence-corrected chi connectivity index (χ0v) is 15.9. The normalized spacial score (nSPS) is 16.8. The summed E-state index contributed by atoms with van der Waals surface area (Å²) in [5.74, 6) is 0.544. The molecule has 0 saturated carbocycles. The van der Waals surface area contributed by atoms with Crippen molar-refractivity contribution >= 4 is 29.3 Å². The van der Waals surface area contributed by atoms with Crippen LogP contribution in [0.5, 0.6) is 0 Å². The SMILES string of the molecule is CCN1CCN(C(=O)[C@@H](C)Sc2nnc(-c3ccc(Cl)cc3)o2)CC1. The van der Waals surface area contributed by atoms with Gasteiger partial charge in [-0.3, -0.25) is 4.79 Å². The number of benzene rings is 1. The second kappa shape index (κ2) is 8.21. The molecular weight excluding hydrogens is 360 g/mol. The van der Waals surface area contributed by atoms with Gasteiger partial charge in [0.15, 0.2) is 0 Å². The molecule has 3 rings (SSSR count). The number of amides is 1. The Hall–Kier alpha value is -1.57. The Kier molecular flexibility index (Phi) is 5.98. The first-order valence-electron chi connectivity index (χ1n) is 8.34. The van der Waals surface area contributed by atoms with Crippen molar-refractivity contribution in [2.75, 3.05) is 32.7 Å². The van der Waals surface area contributed by atoms with Gasteiger partial charge in [-0.1, -0.05) is 30.3 Å². The number of likely N-dealkylation sites (N-methyl/N-ethyl adjacent to an activating group) is 1. The summed E-state index contributed by atoms with van der Waals surface area (Å²) < 4.78 is 5.67. The number of carbonyl (C=O) groups is 1. The van der Waals surface area contributed by atoms with Crippen molar-refractivity contribution in [2.45, 2.75) is 24.3 Å². The minimum absolute atomic E-state index is 0.118. The third kappa shape index (κ3) is 4.54. The summed E-state index contributed by atoms with van der Waals surface area (Å²) in [6.45, 7) is 8.47. The number of nitrogens with zero attached hydrogens (tertiary/aromatic N) is 4. The second-order valence-electron chi connectivity index (χ2n) is 5.90. The zero-order chi connectivity index (χ0) is 17.8. The van der Waals surface area contributed by atoms with Crippen molar-refractivity contribution in [2.24, 2.45) is 0 Å². The molecule has 2 heterocycles. The van der Waals surface area contributed by atoms with Gasteiger partial charge < -0.3 is 14.2 Å². The number of thioether (sulfide) groups is 1. The molecule has 0 N–H and O–H groups in total. The van der Waals surface area contributed by atoms with Crippen LogP contribution in [0.2, 0.25) is 5.02 Å². The second-order valence-corrected chi connectivity index (χ2v) is 7.63. The molecule has 6 nitrogen and oxygen atoms in total. The predicted octanol–water partition coefficient (Wildman–Crippen LogP) is 3.03. The van der Waals surface area contributed by atoms with Crippen molar-refractivity contribution in [3.63, 3.8) is 0 Å². The summed E-state index contributed by atoms with van der Waals surface area (Å²) in [4.78, 5) is 16.9. The summed E-state index contributed by atoms with van der Waals surface area (Å²) in [7, 11) is 0. The molecule has 0 radical (unpaired) electrons. The number of rotatable bonds is 5. The van der Waals surface area contributed by atoms with Crippen molar-refractivity contribution in [1.29, 1.82) is 0 Å². The maximum absolute atomic E-state index is 12.6. The Labute approximate surface area is 156 Å². The van der Waals surface area contributed by atoms with Gasteiger partial charge in [-0.25, -0.2) is 0 Å². The molecule has 2 aromatic rings. The molecule has 1 atom stereocenters. The zero-order valence-electron chi connectivity index (χ0n) is 14.3. The summed E-state index contributed by atoms with van der Waals surface area (Å²) in [5.41, 5.74) is 0.804. The third-order valence-electron chi connectivity index (χ3n) is 4.25. The molecule has 1 aliphatic heterocycles. The van der Waals surface area contributed by atoms with E-state index in [1.807, 2.05) is 24.0 Å². The highest BCUT2D eigenvalue weighted by molar-refractivity contribution is 8.00. The number of aromatic nitrogens is 2. The van der Waals surface area contributed by atoms with Crippen molar-refractivity contribution < 1.29 is 9.21 Å². The van der Waals surface area contributed by atoms with Crippen LogP contribution < -0.4 is 0 Å². The topological polar surface area (TPSA) is 62.5 Å². The molecule has 0 unspecified atom stereocenters. The molecule has 0 bridgehead atoms. The molecule has 25 heavy (non-hydrogen) atoms. The Bertz CT molecular complexity index is 714. The van der Waals surface area contributed by atoms with Crippen molar-refractivity contribution in [1.82, 2.24) is 20.0 Å². The smallest absolute Gasteiger partial charge is 0.277 e. The monoisotopic (exact) mass is 380 g/mol. The van der Waals surface area contributed by atoms with Crippen molar-refractivity contribution in [3.05, 3.63) is 29.3 Å². The summed E-state index contributed by atoms with van der Waals surface area (Å²) in [5, 5.41) is 8.89. The highest BCUT2D eigenvalue weighted by Gasteiger charge is 2.26. The lowest BCUT2D eigenvalue weighted by Gasteiger charge is -2.35. The molecule has 1 aromatic carbocycles. The predicted molar refractivity (Wildman–Crippen MR) is 98.8 cm³/mol. The lowest BCUT2D eigenvalue weighted by Crippen LogP contribution is -2.50. The van der Waals surface area contributed by atoms with E-state index in [9.17, 15) is 4.79 Å². The number of piperazine rings is 1. The number of hydrogen-bond acceptors (Lipinski definition) is 6. The van der Waals surface area contributed by atoms with Gasteiger partial charge in [-0.05, 0) is 37.7 Å². The van der Waals surface area contributed by atoms with Crippen LogP contribution in [0.15, 0.2) is 33.9 Å². The van der Waals surface area contributed by atoms with Crippen LogP contribution in [0.1, 0.15) is 13.8 Å². The molecule has 134 valence electrons. The van der Waals surface area contributed by atoms with E-state index >= 15 is 0 Å². The van der Waals surface area contributed by atoms with Gasteiger partial charge in [0, 0.05) is 36.8 Å². The van der Waals surface area contributed by atoms with Gasteiger partial charge in [-0.15, -0.1) is 10.2 Å². The lowest BCUT2D eigenvalue weighted by atomic mass is 10.2. The van der Waals surface area contributed by atoms with Gasteiger partial charge in [0.05, 0.1) is 5.25 Å². The van der Waals surface area contributed by atoms with E-state index in [4.69, 9.17) is 16.0 Å². The van der Waals surface area contributed by atoms with E-state index in [-0.39, 0.29) is 11.2 Å². The maximum Gasteiger partial charge on any atom is 0.277 e. The highest BCUT2D eigenvalue weighted by atomic mass is 35.5. The molecule has 0 spiro atoms. The van der Waals surface area contributed by atoms with Crippen LogP contribution in [0.4, 0.5) is 0 Å². The molecule has 1 amide bonds. The van der Waals surface area contributed by atoms with Crippen LogP contribution in [-0.2, 0) is 4.79 Å². The van der Waals surface area contributed by atoms with E-state index < -0.39 is 0 Å². The van der Waals surface area contributed by atoms with E-state index in [0.29, 0.717) is 16.1 Å². The Morgan fingerprint density at radius 3 is 2.56 bits per heavy atom. The van der Waals surface area contributed by atoms with Crippen LogP contribution in [0.3, 0.4) is 0 Å². The average Bonchev–Trinajstić information content (AvgIpc) is 3.10. The Morgan fingerprint density at radius 1 is 1.24 bits per heavy atom. The van der Waals surface area contributed by atoms with Crippen LogP contribution in [-0.4, -0.2) is 63.9 Å². The molecule has 1 aromatic heterocycles. The first-order chi connectivity index (χ1) is 12.1. The van der Waals surface area contributed by atoms with Gasteiger partial charge in [0.2, 0.25) is 11.8 Å². The van der Waals surface area contributed by atoms with E-state index in [1.165, 1.54) is 11.8 Å². The largest absolute Gasteiger partial charge is 0.411 e. The van der Waals surface area contributed by atoms with Gasteiger partial charge in [0.1, 0.15) is 0 Å². The molecule has 1 fully saturated rings. The lowest BCUT2D eigenvalue weighted by molar-refractivity contribution is -0.132. The molecular formula is C17H21ClN4O2S. The van der Waals surface area contributed by atoms with E-state index in [1.54, 1.807) is 12.1 Å². The Morgan fingerprint density at radius 2 is 1.92 bits per heavy atom. The van der Waals surface area contributed by atoms with Crippen LogP contribution >= 0.6 is 23.4 Å². The first kappa shape index (κ1) is 18.2. The minimum atomic E-state index is -0.258. The van der Waals surface area contributed by atoms with Gasteiger partial charge in [0.25, 0.3) is 5.22 Å². The van der Waals surface area contributed by atoms with Gasteiger partial charge in [-0.2, -0.15) is 0 Å². The molecule has 1 aliphatic rings. The minimum Gasteiger partial charge on any atom is -0.411 e. The number of carbonyl (C=O) groups excluding carboxylic acids is 1. The highest BCUT2D eigenvalue weighted by Crippen LogP contribution is 2.27. The molecule has 8 heteroatoms. The fourth-order valence-electron chi connectivity index (χ4n) is 2.71. The first-order valence-corrected chi connectivity index (χ1v) is 9.60. The van der Waals surface area contributed by atoms with E-state index in [2.05, 4.69) is 22.0 Å². The Balaban J connectivity index is 1.59. The van der Waals surface area contributed by atoms with Crippen molar-refractivity contribution in [3.8, 4) is 11.5 Å². The summed E-state index contributed by atoms with van der Waals surface area (Å²) >= 11 is 7.18. The fourth-order valence-corrected chi connectivity index (χ4v) is 3.60. The molecule has 0 aliphatic carbocycles. The fraction of sp³-hybridized carbons (Fsp3) is 0.471. The third-order valence-corrected chi connectivity index (χ3v) is 5.43. The molecule has 1 saturated heterocycles. The number of hydrogen-bond donors (Lipinski definition) is 0. The maximum atomic E-state index is 12.6.